The number of ether oxygens (including phenoxy) is 1. The van der Waals surface area contributed by atoms with Gasteiger partial charge in [0.1, 0.15) is 22.9 Å². The number of benzene rings is 2. The summed E-state index contributed by atoms with van der Waals surface area (Å²) in [6.07, 6.45) is -0.0327. The lowest BCUT2D eigenvalue weighted by Gasteiger charge is -2.39. The second-order valence-corrected chi connectivity index (χ2v) is 5.81. The van der Waals surface area contributed by atoms with E-state index >= 15 is 0 Å². The van der Waals surface area contributed by atoms with Crippen molar-refractivity contribution in [2.75, 3.05) is 13.1 Å². The van der Waals surface area contributed by atoms with Crippen LogP contribution in [0.5, 0.6) is 5.75 Å². The van der Waals surface area contributed by atoms with Gasteiger partial charge in [-0.25, -0.2) is 0 Å². The number of nitrogens with zero attached hydrogens (tertiary/aromatic N) is 3. The molecule has 0 radical (unpaired) electrons. The zero-order valence-corrected chi connectivity index (χ0v) is 12.8. The molecule has 0 aliphatic carbocycles. The SMILES string of the molecule is O=C(c1ccc2n[nH]nc2c1)N1CC(Oc2ccccc2Cl)C1. The standard InChI is InChI=1S/C16H13ClN4O2/c17-12-3-1-2-4-15(12)23-11-8-21(9-11)16(22)10-5-6-13-14(7-10)19-20-18-13/h1-7,11H,8-9H2,(H,18,19,20). The minimum Gasteiger partial charge on any atom is -0.485 e. The number of carbonyl (C=O) groups is 1. The summed E-state index contributed by atoms with van der Waals surface area (Å²) in [5.41, 5.74) is 2.02. The Morgan fingerprint density at radius 3 is 2.78 bits per heavy atom. The molecule has 0 unspecified atom stereocenters. The van der Waals surface area contributed by atoms with E-state index < -0.39 is 0 Å². The van der Waals surface area contributed by atoms with Crippen LogP contribution < -0.4 is 4.74 Å². The fraction of sp³-hybridized carbons (Fsp3) is 0.188. The van der Waals surface area contributed by atoms with E-state index in [9.17, 15) is 4.79 Å². The Morgan fingerprint density at radius 2 is 1.96 bits per heavy atom. The van der Waals surface area contributed by atoms with Crippen molar-refractivity contribution in [2.45, 2.75) is 6.10 Å². The second-order valence-electron chi connectivity index (χ2n) is 5.41. The van der Waals surface area contributed by atoms with Crippen LogP contribution in [0.1, 0.15) is 10.4 Å². The predicted octanol–water partition coefficient (Wildman–Crippen LogP) is 2.51. The number of likely N-dealkylation sites (tertiary alicyclic amines) is 1. The van der Waals surface area contributed by atoms with Crippen molar-refractivity contribution in [1.82, 2.24) is 20.3 Å². The first kappa shape index (κ1) is 14.0. The molecule has 1 aliphatic heterocycles. The van der Waals surface area contributed by atoms with Crippen molar-refractivity contribution >= 4 is 28.5 Å². The maximum absolute atomic E-state index is 12.4. The van der Waals surface area contributed by atoms with E-state index in [0.29, 0.717) is 34.9 Å². The highest BCUT2D eigenvalue weighted by Gasteiger charge is 2.33. The van der Waals surface area contributed by atoms with Gasteiger partial charge in [0, 0.05) is 5.56 Å². The topological polar surface area (TPSA) is 71.1 Å². The molecule has 1 N–H and O–H groups in total. The summed E-state index contributed by atoms with van der Waals surface area (Å²) >= 11 is 6.07. The highest BCUT2D eigenvalue weighted by atomic mass is 35.5. The zero-order chi connectivity index (χ0) is 15.8. The van der Waals surface area contributed by atoms with Gasteiger partial charge >= 0.3 is 0 Å². The molecule has 0 saturated carbocycles. The number of para-hydroxylation sites is 1. The van der Waals surface area contributed by atoms with Crippen LogP contribution >= 0.6 is 11.6 Å². The van der Waals surface area contributed by atoms with Gasteiger partial charge in [-0.15, -0.1) is 0 Å². The molecule has 1 aliphatic rings. The number of amides is 1. The van der Waals surface area contributed by atoms with Crippen LogP contribution in [0.3, 0.4) is 0 Å². The Hall–Kier alpha value is -2.60. The molecule has 1 fully saturated rings. The van der Waals surface area contributed by atoms with Crippen LogP contribution in [0, 0.1) is 0 Å². The summed E-state index contributed by atoms with van der Waals surface area (Å²) in [5, 5.41) is 11.1. The molecule has 0 spiro atoms. The maximum Gasteiger partial charge on any atom is 0.254 e. The molecule has 7 heteroatoms. The lowest BCUT2D eigenvalue weighted by atomic mass is 10.1. The Balaban J connectivity index is 1.41. The number of carbonyl (C=O) groups excluding carboxylic acids is 1. The molecule has 1 aromatic heterocycles. The van der Waals surface area contributed by atoms with E-state index in [1.165, 1.54) is 0 Å². The minimum absolute atomic E-state index is 0.0327. The number of halogens is 1. The Bertz CT molecular complexity index is 873. The van der Waals surface area contributed by atoms with Gasteiger partial charge in [0.25, 0.3) is 5.91 Å². The molecular weight excluding hydrogens is 316 g/mol. The van der Waals surface area contributed by atoms with E-state index in [0.717, 1.165) is 5.52 Å². The first-order valence-corrected chi connectivity index (χ1v) is 7.59. The van der Waals surface area contributed by atoms with Crippen LogP contribution in [0.4, 0.5) is 0 Å². The minimum atomic E-state index is -0.0334. The van der Waals surface area contributed by atoms with Gasteiger partial charge in [0.05, 0.1) is 18.1 Å². The van der Waals surface area contributed by atoms with Gasteiger partial charge in [0.2, 0.25) is 0 Å². The Labute approximate surface area is 137 Å². The first-order valence-electron chi connectivity index (χ1n) is 7.22. The molecule has 0 bridgehead atoms. The van der Waals surface area contributed by atoms with Crippen molar-refractivity contribution in [3.05, 3.63) is 53.1 Å². The summed E-state index contributed by atoms with van der Waals surface area (Å²) < 4.78 is 5.80. The second kappa shape index (κ2) is 5.55. The van der Waals surface area contributed by atoms with Crippen LogP contribution in [0.25, 0.3) is 11.0 Å². The van der Waals surface area contributed by atoms with Gasteiger partial charge < -0.3 is 9.64 Å². The molecule has 3 aromatic rings. The predicted molar refractivity (Wildman–Crippen MR) is 85.7 cm³/mol. The molecule has 23 heavy (non-hydrogen) atoms. The van der Waals surface area contributed by atoms with Crippen molar-refractivity contribution in [3.8, 4) is 5.75 Å². The monoisotopic (exact) mass is 328 g/mol. The van der Waals surface area contributed by atoms with Crippen molar-refractivity contribution < 1.29 is 9.53 Å². The van der Waals surface area contributed by atoms with Gasteiger partial charge in [-0.05, 0) is 30.3 Å². The molecule has 0 atom stereocenters. The van der Waals surface area contributed by atoms with Gasteiger partial charge in [-0.2, -0.15) is 15.4 Å². The maximum atomic E-state index is 12.4. The fourth-order valence-electron chi connectivity index (χ4n) is 2.55. The number of H-pyrrole nitrogens is 1. The molecule has 6 nitrogen and oxygen atoms in total. The lowest BCUT2D eigenvalue weighted by molar-refractivity contribution is 0.0178. The first-order chi connectivity index (χ1) is 11.2. The number of rotatable bonds is 3. The molecule has 116 valence electrons. The summed E-state index contributed by atoms with van der Waals surface area (Å²) in [5.74, 6) is 0.615. The van der Waals surface area contributed by atoms with Gasteiger partial charge in [-0.3, -0.25) is 4.79 Å². The number of nitrogens with one attached hydrogen (secondary N) is 1. The van der Waals surface area contributed by atoms with E-state index in [4.69, 9.17) is 16.3 Å². The number of hydrogen-bond donors (Lipinski definition) is 1. The van der Waals surface area contributed by atoms with Crippen LogP contribution in [-0.2, 0) is 0 Å². The third-order valence-electron chi connectivity index (χ3n) is 3.83. The van der Waals surface area contributed by atoms with E-state index in [1.807, 2.05) is 18.2 Å². The Kier molecular flexibility index (Phi) is 3.38. The van der Waals surface area contributed by atoms with Crippen molar-refractivity contribution in [2.24, 2.45) is 0 Å². The molecule has 2 aromatic carbocycles. The largest absolute Gasteiger partial charge is 0.485 e. The van der Waals surface area contributed by atoms with Crippen molar-refractivity contribution in [3.63, 3.8) is 0 Å². The number of aromatic amines is 1. The molecule has 4 rings (SSSR count). The van der Waals surface area contributed by atoms with Crippen LogP contribution in [-0.4, -0.2) is 45.4 Å². The smallest absolute Gasteiger partial charge is 0.254 e. The number of fused-ring (bicyclic) bond motifs is 1. The number of aromatic nitrogens is 3. The summed E-state index contributed by atoms with van der Waals surface area (Å²) in [4.78, 5) is 14.2. The fourth-order valence-corrected chi connectivity index (χ4v) is 2.73. The summed E-state index contributed by atoms with van der Waals surface area (Å²) in [6.45, 7) is 1.09. The summed E-state index contributed by atoms with van der Waals surface area (Å²) in [7, 11) is 0. The Morgan fingerprint density at radius 1 is 1.17 bits per heavy atom. The van der Waals surface area contributed by atoms with Crippen LogP contribution in [0.15, 0.2) is 42.5 Å². The number of hydrogen-bond acceptors (Lipinski definition) is 4. The van der Waals surface area contributed by atoms with Crippen LogP contribution in [0.2, 0.25) is 5.02 Å². The molecule has 1 saturated heterocycles. The van der Waals surface area contributed by atoms with E-state index in [1.54, 1.807) is 29.2 Å². The zero-order valence-electron chi connectivity index (χ0n) is 12.1. The average Bonchev–Trinajstić information content (AvgIpc) is 2.99. The lowest BCUT2D eigenvalue weighted by Crippen LogP contribution is -2.56. The highest BCUT2D eigenvalue weighted by molar-refractivity contribution is 6.32. The molecule has 1 amide bonds. The molecular formula is C16H13ClN4O2. The summed E-state index contributed by atoms with van der Waals surface area (Å²) in [6, 6.07) is 12.6. The van der Waals surface area contributed by atoms with Crippen molar-refractivity contribution in [1.29, 1.82) is 0 Å². The van der Waals surface area contributed by atoms with E-state index in [-0.39, 0.29) is 12.0 Å². The van der Waals surface area contributed by atoms with E-state index in [2.05, 4.69) is 15.4 Å². The third-order valence-corrected chi connectivity index (χ3v) is 4.14. The highest BCUT2D eigenvalue weighted by Crippen LogP contribution is 2.27. The quantitative estimate of drug-likeness (QED) is 0.802. The average molecular weight is 329 g/mol. The van der Waals surface area contributed by atoms with Gasteiger partial charge in [-0.1, -0.05) is 23.7 Å². The third kappa shape index (κ3) is 2.61. The normalized spacial score (nSPS) is 14.7. The molecule has 2 heterocycles. The van der Waals surface area contributed by atoms with Gasteiger partial charge in [0.15, 0.2) is 0 Å².